The van der Waals surface area contributed by atoms with Gasteiger partial charge in [0.25, 0.3) is 20.0 Å². The molecular formula is C32H35N3O7S2. The number of nitrogens with one attached hydrogen (secondary N) is 2. The zero-order valence-corrected chi connectivity index (χ0v) is 27.0. The summed E-state index contributed by atoms with van der Waals surface area (Å²) in [4.78, 5) is 13.2. The van der Waals surface area contributed by atoms with Gasteiger partial charge in [-0.15, -0.1) is 0 Å². The summed E-state index contributed by atoms with van der Waals surface area (Å²) in [6, 6.07) is 20.6. The largest absolute Gasteiger partial charge is 0.493 e. The van der Waals surface area contributed by atoms with E-state index in [-0.39, 0.29) is 15.5 Å². The summed E-state index contributed by atoms with van der Waals surface area (Å²) in [7, 11) is -5.29. The Morgan fingerprint density at radius 2 is 1.32 bits per heavy atom. The fourth-order valence-electron chi connectivity index (χ4n) is 4.61. The molecule has 4 rings (SSSR count). The number of sulfonamides is 2. The summed E-state index contributed by atoms with van der Waals surface area (Å²) >= 11 is 0. The van der Waals surface area contributed by atoms with Crippen LogP contribution in [0.1, 0.15) is 22.3 Å². The van der Waals surface area contributed by atoms with Gasteiger partial charge in [0.05, 0.1) is 35.4 Å². The molecule has 0 bridgehead atoms. The molecule has 44 heavy (non-hydrogen) atoms. The SMILES string of the molecule is COc1ccc(S(=O)(=O)N(CC(=O)Nc2ccc(S(=O)(=O)Nc3cc(C)ccc3C)cc2)c2cc(C)cc(C)c2)cc1OC. The second-order valence-corrected chi connectivity index (χ2v) is 13.9. The van der Waals surface area contributed by atoms with Crippen LogP contribution < -0.4 is 23.8 Å². The van der Waals surface area contributed by atoms with E-state index in [1.54, 1.807) is 18.2 Å². The van der Waals surface area contributed by atoms with Crippen LogP contribution in [0.15, 0.2) is 88.7 Å². The van der Waals surface area contributed by atoms with Crippen LogP contribution >= 0.6 is 0 Å². The summed E-state index contributed by atoms with van der Waals surface area (Å²) < 4.78 is 68.0. The summed E-state index contributed by atoms with van der Waals surface area (Å²) in [5.74, 6) is -0.0466. The van der Waals surface area contributed by atoms with E-state index in [2.05, 4.69) is 10.0 Å². The van der Waals surface area contributed by atoms with Crippen LogP contribution in [-0.2, 0) is 24.8 Å². The van der Waals surface area contributed by atoms with Gasteiger partial charge in [0, 0.05) is 11.8 Å². The van der Waals surface area contributed by atoms with Crippen LogP contribution in [0.4, 0.5) is 17.1 Å². The maximum absolute atomic E-state index is 13.9. The van der Waals surface area contributed by atoms with E-state index in [1.165, 1.54) is 56.7 Å². The molecule has 1 amide bonds. The van der Waals surface area contributed by atoms with E-state index in [4.69, 9.17) is 9.47 Å². The van der Waals surface area contributed by atoms with Crippen molar-refractivity contribution in [3.05, 3.63) is 101 Å². The molecule has 2 N–H and O–H groups in total. The highest BCUT2D eigenvalue weighted by molar-refractivity contribution is 7.93. The van der Waals surface area contributed by atoms with Crippen molar-refractivity contribution in [2.24, 2.45) is 0 Å². The Morgan fingerprint density at radius 3 is 1.93 bits per heavy atom. The first-order valence-corrected chi connectivity index (χ1v) is 16.5. The normalized spacial score (nSPS) is 11.5. The molecule has 0 saturated carbocycles. The van der Waals surface area contributed by atoms with Crippen LogP contribution in [0.25, 0.3) is 0 Å². The first-order chi connectivity index (χ1) is 20.7. The Morgan fingerprint density at radius 1 is 0.705 bits per heavy atom. The third kappa shape index (κ3) is 7.32. The van der Waals surface area contributed by atoms with Crippen LogP contribution in [0.3, 0.4) is 0 Å². The highest BCUT2D eigenvalue weighted by Crippen LogP contribution is 2.33. The van der Waals surface area contributed by atoms with E-state index in [0.29, 0.717) is 22.8 Å². The minimum Gasteiger partial charge on any atom is -0.493 e. The molecule has 12 heteroatoms. The molecule has 0 fully saturated rings. The van der Waals surface area contributed by atoms with Crippen molar-refractivity contribution >= 4 is 43.0 Å². The third-order valence-electron chi connectivity index (χ3n) is 6.81. The topological polar surface area (TPSA) is 131 Å². The Hall–Kier alpha value is -4.55. The number of carbonyl (C=O) groups is 1. The lowest BCUT2D eigenvalue weighted by Crippen LogP contribution is -2.38. The predicted octanol–water partition coefficient (Wildman–Crippen LogP) is 5.57. The van der Waals surface area contributed by atoms with E-state index in [9.17, 15) is 21.6 Å². The number of hydrogen-bond donors (Lipinski definition) is 2. The molecule has 4 aromatic carbocycles. The third-order valence-corrected chi connectivity index (χ3v) is 9.96. The van der Waals surface area contributed by atoms with Crippen molar-refractivity contribution in [3.63, 3.8) is 0 Å². The number of methoxy groups -OCH3 is 2. The number of carbonyl (C=O) groups excluding carboxylic acids is 1. The van der Waals surface area contributed by atoms with Gasteiger partial charge in [0.15, 0.2) is 11.5 Å². The van der Waals surface area contributed by atoms with Gasteiger partial charge in [-0.3, -0.25) is 13.8 Å². The average molecular weight is 638 g/mol. The number of anilines is 3. The van der Waals surface area contributed by atoms with E-state index in [0.717, 1.165) is 26.6 Å². The molecule has 10 nitrogen and oxygen atoms in total. The second kappa shape index (κ2) is 13.0. The fourth-order valence-corrected chi connectivity index (χ4v) is 7.15. The minimum absolute atomic E-state index is 0.00398. The molecule has 0 saturated heterocycles. The standard InChI is InChI=1S/C32H35N3O7S2/c1-21-7-8-24(4)29(18-21)34-43(37,38)27-11-9-25(10-12-27)33-32(36)20-35(26-16-22(2)15-23(3)17-26)44(39,40)28-13-14-30(41-5)31(19-28)42-6/h7-19,34H,20H2,1-6H3,(H,33,36). The average Bonchev–Trinajstić information content (AvgIpc) is 2.97. The van der Waals surface area contributed by atoms with Crippen molar-refractivity contribution in [3.8, 4) is 11.5 Å². The Labute approximate surface area is 258 Å². The van der Waals surface area contributed by atoms with Crippen molar-refractivity contribution in [1.29, 1.82) is 0 Å². The molecule has 0 unspecified atom stereocenters. The van der Waals surface area contributed by atoms with E-state index < -0.39 is 32.5 Å². The van der Waals surface area contributed by atoms with Gasteiger partial charge in [0.1, 0.15) is 6.54 Å². The lowest BCUT2D eigenvalue weighted by molar-refractivity contribution is -0.114. The summed E-state index contributed by atoms with van der Waals surface area (Å²) in [5.41, 5.74) is 4.41. The number of amides is 1. The molecule has 0 heterocycles. The molecule has 0 aliphatic rings. The first kappa shape index (κ1) is 32.4. The minimum atomic E-state index is -4.25. The van der Waals surface area contributed by atoms with E-state index in [1.807, 2.05) is 45.9 Å². The van der Waals surface area contributed by atoms with Gasteiger partial charge in [-0.05, 0) is 105 Å². The number of ether oxygens (including phenoxy) is 2. The molecule has 4 aromatic rings. The molecule has 0 radical (unpaired) electrons. The maximum atomic E-state index is 13.9. The number of nitrogens with zero attached hydrogens (tertiary/aromatic N) is 1. The molecule has 0 aliphatic carbocycles. The zero-order valence-electron chi connectivity index (χ0n) is 25.3. The zero-order chi connectivity index (χ0) is 32.2. The van der Waals surface area contributed by atoms with Gasteiger partial charge in [0.2, 0.25) is 5.91 Å². The van der Waals surface area contributed by atoms with Gasteiger partial charge >= 0.3 is 0 Å². The van der Waals surface area contributed by atoms with Crippen molar-refractivity contribution < 1.29 is 31.1 Å². The predicted molar refractivity (Wildman–Crippen MR) is 172 cm³/mol. The Balaban J connectivity index is 1.59. The number of hydrogen-bond acceptors (Lipinski definition) is 7. The van der Waals surface area contributed by atoms with Gasteiger partial charge in [-0.25, -0.2) is 16.8 Å². The number of benzene rings is 4. The maximum Gasteiger partial charge on any atom is 0.264 e. The van der Waals surface area contributed by atoms with E-state index >= 15 is 0 Å². The number of aryl methyl sites for hydroxylation is 4. The van der Waals surface area contributed by atoms with Crippen molar-refractivity contribution in [2.45, 2.75) is 37.5 Å². The summed E-state index contributed by atoms with van der Waals surface area (Å²) in [6.45, 7) is 6.80. The Kier molecular flexibility index (Phi) is 9.55. The van der Waals surface area contributed by atoms with Crippen molar-refractivity contribution in [1.82, 2.24) is 0 Å². The molecule has 0 aliphatic heterocycles. The quantitative estimate of drug-likeness (QED) is 0.220. The molecule has 232 valence electrons. The van der Waals surface area contributed by atoms with Gasteiger partial charge < -0.3 is 14.8 Å². The lowest BCUT2D eigenvalue weighted by atomic mass is 10.1. The number of rotatable bonds is 11. The highest BCUT2D eigenvalue weighted by Gasteiger charge is 2.29. The van der Waals surface area contributed by atoms with Crippen LogP contribution in [-0.4, -0.2) is 43.5 Å². The van der Waals surface area contributed by atoms with Gasteiger partial charge in [-0.2, -0.15) is 0 Å². The smallest absolute Gasteiger partial charge is 0.264 e. The summed E-state index contributed by atoms with van der Waals surface area (Å²) in [6.07, 6.45) is 0. The van der Waals surface area contributed by atoms with Crippen molar-refractivity contribution in [2.75, 3.05) is 35.1 Å². The first-order valence-electron chi connectivity index (χ1n) is 13.6. The van der Waals surface area contributed by atoms with Crippen LogP contribution in [0.5, 0.6) is 11.5 Å². The molecule has 0 spiro atoms. The van der Waals surface area contributed by atoms with Crippen LogP contribution in [0, 0.1) is 27.7 Å². The second-order valence-electron chi connectivity index (χ2n) is 10.4. The molecule has 0 aromatic heterocycles. The van der Waals surface area contributed by atoms with Gasteiger partial charge in [-0.1, -0.05) is 18.2 Å². The monoisotopic (exact) mass is 637 g/mol. The molecule has 0 atom stereocenters. The lowest BCUT2D eigenvalue weighted by Gasteiger charge is -2.25. The fraction of sp³-hybridized carbons (Fsp3) is 0.219. The highest BCUT2D eigenvalue weighted by atomic mass is 32.2. The van der Waals surface area contributed by atoms with Crippen LogP contribution in [0.2, 0.25) is 0 Å². The summed E-state index contributed by atoms with van der Waals surface area (Å²) in [5, 5.41) is 2.68. The molecular weight excluding hydrogens is 603 g/mol. The Bertz CT molecular complexity index is 1890.